The Bertz CT molecular complexity index is 546. The largest absolute Gasteiger partial charge is 0.378 e. The summed E-state index contributed by atoms with van der Waals surface area (Å²) in [5.41, 5.74) is 2.55. The summed E-state index contributed by atoms with van der Waals surface area (Å²) in [7, 11) is 0. The highest BCUT2D eigenvalue weighted by Crippen LogP contribution is 2.40. The number of aryl methyl sites for hydroxylation is 1. The Balaban J connectivity index is 1.47. The van der Waals surface area contributed by atoms with Gasteiger partial charge in [-0.25, -0.2) is 0 Å². The SMILES string of the molecule is CC1CCC(C2CCC(c3ccc(CCC=C(F)F)cc3)CC2)OC1. The summed E-state index contributed by atoms with van der Waals surface area (Å²) >= 11 is 0. The molecule has 1 saturated heterocycles. The van der Waals surface area contributed by atoms with E-state index in [0.717, 1.165) is 30.1 Å². The van der Waals surface area contributed by atoms with E-state index in [1.54, 1.807) is 0 Å². The second kappa shape index (κ2) is 8.93. The molecule has 0 radical (unpaired) electrons. The van der Waals surface area contributed by atoms with Gasteiger partial charge in [-0.1, -0.05) is 31.2 Å². The maximum atomic E-state index is 12.1. The van der Waals surface area contributed by atoms with Gasteiger partial charge in [0.2, 0.25) is 0 Å². The summed E-state index contributed by atoms with van der Waals surface area (Å²) in [5.74, 6) is 2.12. The van der Waals surface area contributed by atoms with Crippen LogP contribution in [0.3, 0.4) is 0 Å². The Labute approximate surface area is 150 Å². The van der Waals surface area contributed by atoms with Crippen LogP contribution in [0.5, 0.6) is 0 Å². The monoisotopic (exact) mass is 348 g/mol. The molecular weight excluding hydrogens is 318 g/mol. The van der Waals surface area contributed by atoms with E-state index < -0.39 is 6.08 Å². The highest BCUT2D eigenvalue weighted by Gasteiger charge is 2.31. The minimum Gasteiger partial charge on any atom is -0.378 e. The lowest BCUT2D eigenvalue weighted by molar-refractivity contribution is -0.0523. The fourth-order valence-corrected chi connectivity index (χ4v) is 4.40. The summed E-state index contributed by atoms with van der Waals surface area (Å²) < 4.78 is 30.2. The van der Waals surface area contributed by atoms with Crippen molar-refractivity contribution in [2.45, 2.75) is 70.3 Å². The first kappa shape index (κ1) is 18.6. The van der Waals surface area contributed by atoms with Crippen molar-refractivity contribution in [1.29, 1.82) is 0 Å². The van der Waals surface area contributed by atoms with E-state index in [2.05, 4.69) is 31.2 Å². The lowest BCUT2D eigenvalue weighted by atomic mass is 9.75. The third-order valence-electron chi connectivity index (χ3n) is 6.02. The minimum atomic E-state index is -1.58. The fraction of sp³-hybridized carbons (Fsp3) is 0.636. The number of benzene rings is 1. The number of hydrogen-bond acceptors (Lipinski definition) is 1. The van der Waals surface area contributed by atoms with Crippen LogP contribution in [0, 0.1) is 11.8 Å². The molecule has 1 heterocycles. The summed E-state index contributed by atoms with van der Waals surface area (Å²) in [4.78, 5) is 0. The topological polar surface area (TPSA) is 9.23 Å². The van der Waals surface area contributed by atoms with Crippen LogP contribution in [0.1, 0.15) is 68.9 Å². The maximum absolute atomic E-state index is 12.1. The van der Waals surface area contributed by atoms with E-state index in [1.165, 1.54) is 44.1 Å². The van der Waals surface area contributed by atoms with Crippen LogP contribution in [0.25, 0.3) is 0 Å². The Hall–Kier alpha value is -1.22. The Morgan fingerprint density at radius 1 is 1.04 bits per heavy atom. The number of hydrogen-bond donors (Lipinski definition) is 0. The normalized spacial score (nSPS) is 30.0. The minimum absolute atomic E-state index is 0.410. The predicted octanol–water partition coefficient (Wildman–Crippen LogP) is 6.49. The third-order valence-corrected chi connectivity index (χ3v) is 6.02. The number of rotatable bonds is 5. The van der Waals surface area contributed by atoms with Gasteiger partial charge in [0, 0.05) is 6.61 Å². The van der Waals surface area contributed by atoms with E-state index >= 15 is 0 Å². The fourth-order valence-electron chi connectivity index (χ4n) is 4.40. The average molecular weight is 348 g/mol. The maximum Gasteiger partial charge on any atom is 0.266 e. The molecule has 2 fully saturated rings. The molecule has 25 heavy (non-hydrogen) atoms. The molecule has 0 amide bonds. The second-order valence-corrected chi connectivity index (χ2v) is 7.94. The zero-order valence-electron chi connectivity index (χ0n) is 15.2. The Morgan fingerprint density at radius 3 is 2.36 bits per heavy atom. The molecule has 0 spiro atoms. The first-order valence-corrected chi connectivity index (χ1v) is 9.83. The smallest absolute Gasteiger partial charge is 0.266 e. The molecule has 1 aliphatic carbocycles. The summed E-state index contributed by atoms with van der Waals surface area (Å²) in [6, 6.07) is 8.62. The van der Waals surface area contributed by atoms with Gasteiger partial charge in [-0.2, -0.15) is 8.78 Å². The molecule has 138 valence electrons. The molecule has 1 aromatic rings. The Kier molecular flexibility index (Phi) is 6.63. The lowest BCUT2D eigenvalue weighted by Crippen LogP contribution is -2.33. The van der Waals surface area contributed by atoms with Crippen molar-refractivity contribution < 1.29 is 13.5 Å². The van der Waals surface area contributed by atoms with E-state index in [9.17, 15) is 8.78 Å². The Morgan fingerprint density at radius 2 is 1.76 bits per heavy atom. The third kappa shape index (κ3) is 5.37. The molecule has 2 atom stereocenters. The van der Waals surface area contributed by atoms with Crippen molar-refractivity contribution in [2.75, 3.05) is 6.61 Å². The quantitative estimate of drug-likeness (QED) is 0.591. The molecule has 2 aliphatic rings. The number of halogens is 2. The van der Waals surface area contributed by atoms with Crippen LogP contribution in [-0.4, -0.2) is 12.7 Å². The first-order valence-electron chi connectivity index (χ1n) is 9.83. The number of allylic oxidation sites excluding steroid dienone is 1. The van der Waals surface area contributed by atoms with Crippen molar-refractivity contribution >= 4 is 0 Å². The summed E-state index contributed by atoms with van der Waals surface area (Å²) in [6.07, 6.45) is 8.58. The van der Waals surface area contributed by atoms with Crippen LogP contribution < -0.4 is 0 Å². The summed E-state index contributed by atoms with van der Waals surface area (Å²) in [6.45, 7) is 3.22. The highest BCUT2D eigenvalue weighted by molar-refractivity contribution is 5.26. The van der Waals surface area contributed by atoms with Crippen molar-refractivity contribution in [3.05, 3.63) is 47.5 Å². The molecule has 1 saturated carbocycles. The second-order valence-electron chi connectivity index (χ2n) is 7.94. The zero-order valence-corrected chi connectivity index (χ0v) is 15.2. The molecular formula is C22H30F2O. The van der Waals surface area contributed by atoms with E-state index in [0.29, 0.717) is 24.9 Å². The van der Waals surface area contributed by atoms with Gasteiger partial charge >= 0.3 is 0 Å². The van der Waals surface area contributed by atoms with Gasteiger partial charge < -0.3 is 4.74 Å². The standard InChI is InChI=1S/C22H30F2O/c1-16-5-14-21(25-15-16)20-12-10-19(11-13-20)18-8-6-17(7-9-18)3-2-4-22(23)24/h4,6-9,16,19-21H,2-3,5,10-15H2,1H3. The van der Waals surface area contributed by atoms with Gasteiger partial charge in [0.25, 0.3) is 6.08 Å². The van der Waals surface area contributed by atoms with Gasteiger partial charge in [0.15, 0.2) is 0 Å². The molecule has 0 bridgehead atoms. The van der Waals surface area contributed by atoms with Crippen LogP contribution in [-0.2, 0) is 11.2 Å². The van der Waals surface area contributed by atoms with E-state index in [1.807, 2.05) is 0 Å². The van der Waals surface area contributed by atoms with Crippen LogP contribution in [0.4, 0.5) is 8.78 Å². The molecule has 1 aliphatic heterocycles. The van der Waals surface area contributed by atoms with Crippen molar-refractivity contribution in [3.63, 3.8) is 0 Å². The van der Waals surface area contributed by atoms with Crippen LogP contribution in [0.15, 0.2) is 36.4 Å². The lowest BCUT2D eigenvalue weighted by Gasteiger charge is -2.37. The molecule has 2 unspecified atom stereocenters. The molecule has 1 nitrogen and oxygen atoms in total. The molecule has 3 heteroatoms. The molecule has 0 N–H and O–H groups in total. The van der Waals surface area contributed by atoms with Gasteiger partial charge in [-0.15, -0.1) is 0 Å². The van der Waals surface area contributed by atoms with Gasteiger partial charge in [-0.3, -0.25) is 0 Å². The highest BCUT2D eigenvalue weighted by atomic mass is 19.3. The predicted molar refractivity (Wildman–Crippen MR) is 97.9 cm³/mol. The zero-order chi connectivity index (χ0) is 17.6. The average Bonchev–Trinajstić information content (AvgIpc) is 2.63. The van der Waals surface area contributed by atoms with E-state index in [4.69, 9.17) is 4.74 Å². The molecule has 1 aromatic carbocycles. The van der Waals surface area contributed by atoms with Gasteiger partial charge in [-0.05, 0) is 86.3 Å². The van der Waals surface area contributed by atoms with Crippen LogP contribution >= 0.6 is 0 Å². The van der Waals surface area contributed by atoms with Crippen LogP contribution in [0.2, 0.25) is 0 Å². The van der Waals surface area contributed by atoms with Gasteiger partial charge in [0.1, 0.15) is 0 Å². The van der Waals surface area contributed by atoms with Gasteiger partial charge in [0.05, 0.1) is 6.10 Å². The van der Waals surface area contributed by atoms with E-state index in [-0.39, 0.29) is 0 Å². The molecule has 0 aromatic heterocycles. The van der Waals surface area contributed by atoms with Crippen molar-refractivity contribution in [1.82, 2.24) is 0 Å². The summed E-state index contributed by atoms with van der Waals surface area (Å²) in [5, 5.41) is 0. The van der Waals surface area contributed by atoms with Crippen molar-refractivity contribution in [3.8, 4) is 0 Å². The molecule has 3 rings (SSSR count). The first-order chi connectivity index (χ1) is 12.1. The number of ether oxygens (including phenoxy) is 1. The van der Waals surface area contributed by atoms with Crippen molar-refractivity contribution in [2.24, 2.45) is 11.8 Å².